The molecule has 0 spiro atoms. The largest absolute Gasteiger partial charge is 0.332 e. The van der Waals surface area contributed by atoms with Crippen molar-refractivity contribution in [1.82, 2.24) is 15.1 Å². The molecule has 1 aliphatic heterocycles. The smallest absolute Gasteiger partial charge is 0.277 e. The predicted octanol–water partition coefficient (Wildman–Crippen LogP) is 2.73. The van der Waals surface area contributed by atoms with Crippen LogP contribution in [0.4, 0.5) is 0 Å². The van der Waals surface area contributed by atoms with Crippen molar-refractivity contribution < 1.29 is 4.52 Å². The van der Waals surface area contributed by atoms with E-state index in [1.807, 2.05) is 35.8 Å². The second kappa shape index (κ2) is 5.82. The molecule has 1 saturated heterocycles. The average molecular weight is 314 g/mol. The van der Waals surface area contributed by atoms with Gasteiger partial charge in [-0.2, -0.15) is 16.7 Å². The molecule has 5 nitrogen and oxygen atoms in total. The highest BCUT2D eigenvalue weighted by molar-refractivity contribution is 8.06. The molecule has 2 N–H and O–H groups in total. The van der Waals surface area contributed by atoms with Crippen LogP contribution in [-0.2, 0) is 0 Å². The lowest BCUT2D eigenvalue weighted by Gasteiger charge is -2.16. The van der Waals surface area contributed by atoms with E-state index in [-0.39, 0.29) is 6.04 Å². The van der Waals surface area contributed by atoms with E-state index in [1.54, 1.807) is 0 Å². The van der Waals surface area contributed by atoms with E-state index in [9.17, 15) is 0 Å². The quantitative estimate of drug-likeness (QED) is 0.933. The standard InChI is InChI=1S/C11H14N4OS3/c1-6(12)11-13-7(4-19-11)10-14-9(15-16-10)8-5-17-2-3-18-8/h4,6,8H,2-3,5,12H2,1H3. The summed E-state index contributed by atoms with van der Waals surface area (Å²) in [6.07, 6.45) is 0. The Balaban J connectivity index is 1.79. The molecule has 2 unspecified atom stereocenters. The second-order valence-corrected chi connectivity index (χ2v) is 7.60. The van der Waals surface area contributed by atoms with Gasteiger partial charge in [0, 0.05) is 22.6 Å². The highest BCUT2D eigenvalue weighted by Gasteiger charge is 2.23. The van der Waals surface area contributed by atoms with E-state index >= 15 is 0 Å². The van der Waals surface area contributed by atoms with Gasteiger partial charge in [-0.05, 0) is 6.92 Å². The summed E-state index contributed by atoms with van der Waals surface area (Å²) in [6.45, 7) is 1.91. The van der Waals surface area contributed by atoms with Gasteiger partial charge >= 0.3 is 0 Å². The molecule has 3 rings (SSSR count). The summed E-state index contributed by atoms with van der Waals surface area (Å²) in [5.41, 5.74) is 6.53. The summed E-state index contributed by atoms with van der Waals surface area (Å²) in [4.78, 5) is 8.89. The first kappa shape index (κ1) is 13.4. The van der Waals surface area contributed by atoms with E-state index in [0.29, 0.717) is 11.1 Å². The van der Waals surface area contributed by atoms with Crippen molar-refractivity contribution in [1.29, 1.82) is 0 Å². The number of hydrogen-bond acceptors (Lipinski definition) is 8. The number of thioether (sulfide) groups is 2. The third kappa shape index (κ3) is 2.96. The van der Waals surface area contributed by atoms with Crippen molar-refractivity contribution >= 4 is 34.9 Å². The van der Waals surface area contributed by atoms with Crippen molar-refractivity contribution in [3.8, 4) is 11.6 Å². The Morgan fingerprint density at radius 1 is 1.42 bits per heavy atom. The van der Waals surface area contributed by atoms with Gasteiger partial charge < -0.3 is 10.3 Å². The lowest BCUT2D eigenvalue weighted by atomic mass is 10.4. The van der Waals surface area contributed by atoms with Gasteiger partial charge in [0.1, 0.15) is 10.7 Å². The van der Waals surface area contributed by atoms with Crippen LogP contribution in [0.5, 0.6) is 0 Å². The van der Waals surface area contributed by atoms with Gasteiger partial charge in [0.2, 0.25) is 0 Å². The molecule has 19 heavy (non-hydrogen) atoms. The zero-order chi connectivity index (χ0) is 13.2. The Morgan fingerprint density at radius 3 is 3.00 bits per heavy atom. The summed E-state index contributed by atoms with van der Waals surface area (Å²) in [6, 6.07) is -0.0635. The van der Waals surface area contributed by atoms with Crippen molar-refractivity contribution in [2.24, 2.45) is 5.73 Å². The van der Waals surface area contributed by atoms with E-state index in [0.717, 1.165) is 28.0 Å². The molecule has 0 amide bonds. The third-order valence-corrected chi connectivity index (χ3v) is 6.47. The van der Waals surface area contributed by atoms with Gasteiger partial charge in [0.25, 0.3) is 5.89 Å². The van der Waals surface area contributed by atoms with Crippen LogP contribution in [0.2, 0.25) is 0 Å². The molecule has 1 fully saturated rings. The molecule has 3 heterocycles. The molecule has 0 aromatic carbocycles. The Labute approximate surface area is 123 Å². The monoisotopic (exact) mass is 314 g/mol. The molecule has 0 aliphatic carbocycles. The second-order valence-electron chi connectivity index (χ2n) is 4.25. The van der Waals surface area contributed by atoms with Gasteiger partial charge in [0.15, 0.2) is 5.82 Å². The summed E-state index contributed by atoms with van der Waals surface area (Å²) in [5.74, 6) is 4.67. The van der Waals surface area contributed by atoms with E-state index in [2.05, 4.69) is 15.1 Å². The lowest BCUT2D eigenvalue weighted by Crippen LogP contribution is -2.07. The van der Waals surface area contributed by atoms with E-state index in [1.165, 1.54) is 17.1 Å². The lowest BCUT2D eigenvalue weighted by molar-refractivity contribution is 0.422. The highest BCUT2D eigenvalue weighted by atomic mass is 32.2. The fourth-order valence-corrected chi connectivity index (χ4v) is 5.04. The average Bonchev–Trinajstić information content (AvgIpc) is 3.09. The number of thiazole rings is 1. The maximum absolute atomic E-state index is 5.80. The van der Waals surface area contributed by atoms with E-state index in [4.69, 9.17) is 10.3 Å². The SMILES string of the molecule is CC(N)c1nc(-c2nc(C3CSCCS3)no2)cs1. The fourth-order valence-electron chi connectivity index (χ4n) is 1.70. The number of hydrogen-bond donors (Lipinski definition) is 1. The van der Waals surface area contributed by atoms with Gasteiger partial charge in [-0.25, -0.2) is 4.98 Å². The molecular formula is C11H14N4OS3. The third-order valence-electron chi connectivity index (χ3n) is 2.68. The van der Waals surface area contributed by atoms with Gasteiger partial charge in [-0.3, -0.25) is 0 Å². The van der Waals surface area contributed by atoms with Crippen LogP contribution in [-0.4, -0.2) is 32.4 Å². The molecule has 2 atom stereocenters. The van der Waals surface area contributed by atoms with Crippen molar-refractivity contribution in [2.75, 3.05) is 17.3 Å². The first-order chi connectivity index (χ1) is 9.24. The van der Waals surface area contributed by atoms with E-state index < -0.39 is 0 Å². The van der Waals surface area contributed by atoms with Crippen LogP contribution in [0.1, 0.15) is 29.0 Å². The Morgan fingerprint density at radius 2 is 2.32 bits per heavy atom. The normalized spacial score (nSPS) is 21.5. The minimum atomic E-state index is -0.0635. The molecule has 8 heteroatoms. The minimum Gasteiger partial charge on any atom is -0.332 e. The number of nitrogens with two attached hydrogens (primary N) is 1. The van der Waals surface area contributed by atoms with Crippen molar-refractivity contribution in [2.45, 2.75) is 18.2 Å². The maximum Gasteiger partial charge on any atom is 0.277 e. The number of nitrogens with zero attached hydrogens (tertiary/aromatic N) is 3. The molecular weight excluding hydrogens is 300 g/mol. The minimum absolute atomic E-state index is 0.0635. The first-order valence-electron chi connectivity index (χ1n) is 5.98. The van der Waals surface area contributed by atoms with Crippen LogP contribution in [0.15, 0.2) is 9.90 Å². The summed E-state index contributed by atoms with van der Waals surface area (Å²) >= 11 is 5.35. The molecule has 0 bridgehead atoms. The topological polar surface area (TPSA) is 77.8 Å². The Bertz CT molecular complexity index is 548. The van der Waals surface area contributed by atoms with Gasteiger partial charge in [0.05, 0.1) is 11.3 Å². The van der Waals surface area contributed by atoms with Crippen molar-refractivity contribution in [3.63, 3.8) is 0 Å². The number of aromatic nitrogens is 3. The maximum atomic E-state index is 5.80. The van der Waals surface area contributed by atoms with Crippen LogP contribution < -0.4 is 5.73 Å². The molecule has 1 aliphatic rings. The van der Waals surface area contributed by atoms with Crippen LogP contribution in [0, 0.1) is 0 Å². The Kier molecular flexibility index (Phi) is 4.11. The molecule has 102 valence electrons. The summed E-state index contributed by atoms with van der Waals surface area (Å²) in [7, 11) is 0. The van der Waals surface area contributed by atoms with Gasteiger partial charge in [-0.15, -0.1) is 23.1 Å². The number of rotatable bonds is 3. The molecule has 2 aromatic rings. The van der Waals surface area contributed by atoms with Gasteiger partial charge in [-0.1, -0.05) is 5.16 Å². The predicted molar refractivity (Wildman–Crippen MR) is 80.5 cm³/mol. The Hall–Kier alpha value is -0.570. The zero-order valence-corrected chi connectivity index (χ0v) is 12.9. The van der Waals surface area contributed by atoms with Crippen LogP contribution in [0.3, 0.4) is 0 Å². The molecule has 0 radical (unpaired) electrons. The fraction of sp³-hybridized carbons (Fsp3) is 0.545. The van der Waals surface area contributed by atoms with Crippen molar-refractivity contribution in [3.05, 3.63) is 16.2 Å². The molecule has 0 saturated carbocycles. The highest BCUT2D eigenvalue weighted by Crippen LogP contribution is 2.36. The zero-order valence-electron chi connectivity index (χ0n) is 10.4. The first-order valence-corrected chi connectivity index (χ1v) is 9.06. The molecule has 2 aromatic heterocycles. The van der Waals surface area contributed by atoms with Crippen LogP contribution >= 0.6 is 34.9 Å². The van der Waals surface area contributed by atoms with Crippen LogP contribution in [0.25, 0.3) is 11.6 Å². The summed E-state index contributed by atoms with van der Waals surface area (Å²) < 4.78 is 5.32. The summed E-state index contributed by atoms with van der Waals surface area (Å²) in [5, 5.41) is 7.22.